The number of ether oxygens (including phenoxy) is 1. The molecule has 1 unspecified atom stereocenters. The van der Waals surface area contributed by atoms with E-state index in [0.29, 0.717) is 11.4 Å². The Bertz CT molecular complexity index is 555. The molecular weight excluding hydrogens is 276 g/mol. The Hall–Kier alpha value is -2.57. The molecule has 0 radical (unpaired) electrons. The lowest BCUT2D eigenvalue weighted by Crippen LogP contribution is -2.36. The molecule has 7 heteroatoms. The number of carbonyl (C=O) groups is 3. The number of benzene rings is 1. The normalized spacial score (nSPS) is 17.7. The highest BCUT2D eigenvalue weighted by atomic mass is 16.5. The minimum Gasteiger partial charge on any atom is -0.497 e. The van der Waals surface area contributed by atoms with Crippen molar-refractivity contribution in [3.63, 3.8) is 0 Å². The summed E-state index contributed by atoms with van der Waals surface area (Å²) >= 11 is 0. The third-order valence-corrected chi connectivity index (χ3v) is 3.29. The van der Waals surface area contributed by atoms with Gasteiger partial charge in [0.1, 0.15) is 12.3 Å². The lowest BCUT2D eigenvalue weighted by Gasteiger charge is -2.17. The zero-order valence-corrected chi connectivity index (χ0v) is 11.5. The molecule has 0 aliphatic carbocycles. The van der Waals surface area contributed by atoms with Crippen molar-refractivity contribution < 1.29 is 24.2 Å². The van der Waals surface area contributed by atoms with Crippen molar-refractivity contribution >= 4 is 23.5 Å². The molecule has 2 rings (SSSR count). The highest BCUT2D eigenvalue weighted by Crippen LogP contribution is 2.26. The van der Waals surface area contributed by atoms with Gasteiger partial charge in [-0.3, -0.25) is 14.4 Å². The smallest absolute Gasteiger partial charge is 0.322 e. The molecule has 1 aliphatic heterocycles. The number of hydrogen-bond acceptors (Lipinski definition) is 4. The molecule has 1 saturated heterocycles. The van der Waals surface area contributed by atoms with Crippen LogP contribution in [0, 0.1) is 5.92 Å². The van der Waals surface area contributed by atoms with E-state index in [9.17, 15) is 14.4 Å². The van der Waals surface area contributed by atoms with Gasteiger partial charge in [-0.15, -0.1) is 0 Å². The molecular formula is C14H16N2O5. The summed E-state index contributed by atoms with van der Waals surface area (Å²) in [5.41, 5.74) is 0.689. The Morgan fingerprint density at radius 3 is 2.62 bits per heavy atom. The molecule has 0 saturated carbocycles. The third kappa shape index (κ3) is 3.50. The summed E-state index contributed by atoms with van der Waals surface area (Å²) in [6.07, 6.45) is 0.0808. The van der Waals surface area contributed by atoms with Gasteiger partial charge >= 0.3 is 5.97 Å². The van der Waals surface area contributed by atoms with Crippen LogP contribution in [0.4, 0.5) is 5.69 Å². The van der Waals surface area contributed by atoms with E-state index in [2.05, 4.69) is 5.32 Å². The fraction of sp³-hybridized carbons (Fsp3) is 0.357. The van der Waals surface area contributed by atoms with E-state index in [1.165, 1.54) is 4.90 Å². The highest BCUT2D eigenvalue weighted by molar-refractivity contribution is 6.00. The van der Waals surface area contributed by atoms with E-state index >= 15 is 0 Å². The van der Waals surface area contributed by atoms with Crippen molar-refractivity contribution in [2.45, 2.75) is 6.42 Å². The van der Waals surface area contributed by atoms with Crippen LogP contribution in [-0.2, 0) is 14.4 Å². The molecule has 1 aliphatic rings. The van der Waals surface area contributed by atoms with Crippen LogP contribution >= 0.6 is 0 Å². The minimum absolute atomic E-state index is 0.0808. The number of aliphatic carboxylic acids is 1. The molecule has 1 fully saturated rings. The monoisotopic (exact) mass is 292 g/mol. The zero-order chi connectivity index (χ0) is 15.4. The van der Waals surface area contributed by atoms with Gasteiger partial charge < -0.3 is 20.1 Å². The van der Waals surface area contributed by atoms with Gasteiger partial charge in [-0.2, -0.15) is 0 Å². The van der Waals surface area contributed by atoms with Crippen molar-refractivity contribution in [1.29, 1.82) is 0 Å². The summed E-state index contributed by atoms with van der Waals surface area (Å²) in [4.78, 5) is 35.7. The number of methoxy groups -OCH3 is 1. The van der Waals surface area contributed by atoms with Crippen molar-refractivity contribution in [2.75, 3.05) is 25.1 Å². The summed E-state index contributed by atoms with van der Waals surface area (Å²) < 4.78 is 5.05. The summed E-state index contributed by atoms with van der Waals surface area (Å²) in [5, 5.41) is 10.8. The quantitative estimate of drug-likeness (QED) is 0.811. The van der Waals surface area contributed by atoms with Crippen LogP contribution in [0.3, 0.4) is 0 Å². The molecule has 7 nitrogen and oxygen atoms in total. The number of nitrogens with zero attached hydrogens (tertiary/aromatic N) is 1. The molecule has 0 aromatic heterocycles. The Kier molecular flexibility index (Phi) is 4.42. The van der Waals surface area contributed by atoms with E-state index in [1.807, 2.05) is 0 Å². The van der Waals surface area contributed by atoms with Gasteiger partial charge in [-0.05, 0) is 24.3 Å². The molecule has 112 valence electrons. The van der Waals surface area contributed by atoms with Gasteiger partial charge in [-0.1, -0.05) is 0 Å². The van der Waals surface area contributed by atoms with Crippen LogP contribution < -0.4 is 15.0 Å². The fourth-order valence-corrected chi connectivity index (χ4v) is 2.20. The number of amides is 2. The van der Waals surface area contributed by atoms with Crippen LogP contribution in [0.5, 0.6) is 5.75 Å². The number of carboxylic acids is 1. The van der Waals surface area contributed by atoms with Gasteiger partial charge in [0.2, 0.25) is 11.8 Å². The molecule has 0 spiro atoms. The van der Waals surface area contributed by atoms with Gasteiger partial charge in [-0.25, -0.2) is 0 Å². The minimum atomic E-state index is -1.11. The summed E-state index contributed by atoms with van der Waals surface area (Å²) in [7, 11) is 1.55. The standard InChI is InChI=1S/C14H16N2O5/c1-21-11-4-2-10(3-5-11)16-8-9(6-12(16)17)14(20)15-7-13(18)19/h2-5,9H,6-8H2,1H3,(H,15,20)(H,18,19). The van der Waals surface area contributed by atoms with E-state index < -0.39 is 24.3 Å². The molecule has 2 N–H and O–H groups in total. The maximum absolute atomic E-state index is 12.0. The average Bonchev–Trinajstić information content (AvgIpc) is 2.87. The van der Waals surface area contributed by atoms with Gasteiger partial charge in [0.25, 0.3) is 0 Å². The topological polar surface area (TPSA) is 95.9 Å². The van der Waals surface area contributed by atoms with Crippen molar-refractivity contribution in [1.82, 2.24) is 5.32 Å². The zero-order valence-electron chi connectivity index (χ0n) is 11.5. The number of nitrogens with one attached hydrogen (secondary N) is 1. The van der Waals surface area contributed by atoms with Gasteiger partial charge in [0.05, 0.1) is 13.0 Å². The van der Waals surface area contributed by atoms with Crippen LogP contribution in [0.15, 0.2) is 24.3 Å². The predicted octanol–water partition coefficient (Wildman–Crippen LogP) is 0.249. The number of anilines is 1. The number of carboxylic acid groups (broad SMARTS) is 1. The highest BCUT2D eigenvalue weighted by Gasteiger charge is 2.35. The fourth-order valence-electron chi connectivity index (χ4n) is 2.20. The van der Waals surface area contributed by atoms with Crippen LogP contribution in [0.1, 0.15) is 6.42 Å². The molecule has 1 aromatic rings. The maximum atomic E-state index is 12.0. The second kappa shape index (κ2) is 6.25. The van der Waals surface area contributed by atoms with Crippen LogP contribution in [-0.4, -0.2) is 43.1 Å². The first-order valence-electron chi connectivity index (χ1n) is 6.45. The van der Waals surface area contributed by atoms with E-state index in [1.54, 1.807) is 31.4 Å². The van der Waals surface area contributed by atoms with Crippen LogP contribution in [0.25, 0.3) is 0 Å². The molecule has 1 heterocycles. The van der Waals surface area contributed by atoms with E-state index in [-0.39, 0.29) is 18.9 Å². The molecule has 2 amide bonds. The molecule has 1 aromatic carbocycles. The lowest BCUT2D eigenvalue weighted by atomic mass is 10.1. The average molecular weight is 292 g/mol. The largest absolute Gasteiger partial charge is 0.497 e. The van der Waals surface area contributed by atoms with Crippen molar-refractivity contribution in [2.24, 2.45) is 5.92 Å². The SMILES string of the molecule is COc1ccc(N2CC(C(=O)NCC(=O)O)CC2=O)cc1. The number of hydrogen-bond donors (Lipinski definition) is 2. The summed E-state index contributed by atoms with van der Waals surface area (Å²) in [6, 6.07) is 6.96. The Labute approximate surface area is 121 Å². The molecule has 0 bridgehead atoms. The van der Waals surface area contributed by atoms with Gasteiger partial charge in [0, 0.05) is 18.7 Å². The first-order chi connectivity index (χ1) is 10.0. The predicted molar refractivity (Wildman–Crippen MR) is 74.1 cm³/mol. The van der Waals surface area contributed by atoms with Crippen LogP contribution in [0.2, 0.25) is 0 Å². The Balaban J connectivity index is 2.01. The lowest BCUT2D eigenvalue weighted by molar-refractivity contribution is -0.138. The maximum Gasteiger partial charge on any atom is 0.322 e. The number of carbonyl (C=O) groups excluding carboxylic acids is 2. The number of rotatable bonds is 5. The second-order valence-corrected chi connectivity index (χ2v) is 4.71. The van der Waals surface area contributed by atoms with E-state index in [0.717, 1.165) is 0 Å². The Morgan fingerprint density at radius 2 is 2.05 bits per heavy atom. The van der Waals surface area contributed by atoms with E-state index in [4.69, 9.17) is 9.84 Å². The second-order valence-electron chi connectivity index (χ2n) is 4.71. The Morgan fingerprint density at radius 1 is 1.38 bits per heavy atom. The molecule has 21 heavy (non-hydrogen) atoms. The molecule has 1 atom stereocenters. The van der Waals surface area contributed by atoms with Crippen molar-refractivity contribution in [3.8, 4) is 5.75 Å². The van der Waals surface area contributed by atoms with Crippen molar-refractivity contribution in [3.05, 3.63) is 24.3 Å². The summed E-state index contributed by atoms with van der Waals surface area (Å²) in [5.74, 6) is -1.53. The third-order valence-electron chi connectivity index (χ3n) is 3.29. The summed E-state index contributed by atoms with van der Waals surface area (Å²) in [6.45, 7) is -0.192. The van der Waals surface area contributed by atoms with Gasteiger partial charge in [0.15, 0.2) is 0 Å². The first-order valence-corrected chi connectivity index (χ1v) is 6.45. The first kappa shape index (κ1) is 14.8.